The van der Waals surface area contributed by atoms with Crippen molar-refractivity contribution in [3.8, 4) is 0 Å². The summed E-state index contributed by atoms with van der Waals surface area (Å²) in [4.78, 5) is 17.2. The van der Waals surface area contributed by atoms with E-state index in [4.69, 9.17) is 4.74 Å². The molecule has 2 heterocycles. The summed E-state index contributed by atoms with van der Waals surface area (Å²) >= 11 is 0. The predicted octanol–water partition coefficient (Wildman–Crippen LogP) is 4.18. The number of pyridine rings is 1. The van der Waals surface area contributed by atoms with Crippen LogP contribution in [0.4, 0.5) is 0 Å². The number of fused-ring (bicyclic) bond motifs is 1. The van der Waals surface area contributed by atoms with Crippen LogP contribution in [-0.2, 0) is 10.2 Å². The van der Waals surface area contributed by atoms with Gasteiger partial charge < -0.3 is 15.2 Å². The zero-order valence-corrected chi connectivity index (χ0v) is 18.8. The van der Waals surface area contributed by atoms with E-state index < -0.39 is 0 Å². The van der Waals surface area contributed by atoms with Gasteiger partial charge in [0.05, 0.1) is 17.8 Å². The highest BCUT2D eigenvalue weighted by Gasteiger charge is 2.46. The van der Waals surface area contributed by atoms with Crippen LogP contribution in [0.25, 0.3) is 0 Å². The number of nitrogens with zero attached hydrogens (tertiary/aromatic N) is 1. The molecule has 4 atom stereocenters. The number of aryl methyl sites for hydroxylation is 1. The van der Waals surface area contributed by atoms with E-state index in [0.717, 1.165) is 31.4 Å². The topological polar surface area (TPSA) is 71.5 Å². The van der Waals surface area contributed by atoms with E-state index in [1.807, 2.05) is 25.1 Å². The molecule has 5 heteroatoms. The molecule has 2 fully saturated rings. The summed E-state index contributed by atoms with van der Waals surface area (Å²) in [6.45, 7) is 6.57. The quantitative estimate of drug-likeness (QED) is 0.776. The van der Waals surface area contributed by atoms with Crippen molar-refractivity contribution in [1.82, 2.24) is 10.3 Å². The third kappa shape index (κ3) is 4.83. The van der Waals surface area contributed by atoms with Crippen molar-refractivity contribution < 1.29 is 14.6 Å². The van der Waals surface area contributed by atoms with E-state index in [1.54, 1.807) is 6.07 Å². The standard InChI is InChI=1S/C26H34N2O3/c1-18-8-7-11-21(28-18)24(30)27-17-26(19-9-5-4-6-10-19)14-12-20-22(29)16-25(2,3)31-23(20)13-15-26/h4-11,20,22-23,29H,12-17H2,1-3H3,(H,27,30)/t20-,22+,23+,26+/m1/s1. The molecule has 2 N–H and O–H groups in total. The van der Waals surface area contributed by atoms with E-state index in [-0.39, 0.29) is 35.0 Å². The number of nitrogens with one attached hydrogen (secondary N) is 1. The minimum atomic E-state index is -0.341. The Hall–Kier alpha value is -2.24. The molecule has 5 nitrogen and oxygen atoms in total. The first-order valence-corrected chi connectivity index (χ1v) is 11.4. The van der Waals surface area contributed by atoms with Crippen LogP contribution < -0.4 is 5.32 Å². The molecular formula is C26H34N2O3. The molecule has 1 aromatic carbocycles. The molecule has 1 aliphatic heterocycles. The van der Waals surface area contributed by atoms with Crippen LogP contribution in [-0.4, -0.2) is 40.4 Å². The average Bonchev–Trinajstić information content (AvgIpc) is 2.92. The summed E-state index contributed by atoms with van der Waals surface area (Å²) in [5.74, 6) is 0.00541. The minimum Gasteiger partial charge on any atom is -0.393 e. The zero-order chi connectivity index (χ0) is 22.1. The molecule has 31 heavy (non-hydrogen) atoms. The van der Waals surface area contributed by atoms with Gasteiger partial charge in [-0.1, -0.05) is 36.4 Å². The lowest BCUT2D eigenvalue weighted by molar-refractivity contribution is -0.178. The van der Waals surface area contributed by atoms with Crippen LogP contribution in [0.3, 0.4) is 0 Å². The number of benzene rings is 1. The summed E-state index contributed by atoms with van der Waals surface area (Å²) in [6.07, 6.45) is 3.95. The Labute approximate surface area is 185 Å². The number of amides is 1. The number of hydrogen-bond acceptors (Lipinski definition) is 4. The Morgan fingerprint density at radius 2 is 1.87 bits per heavy atom. The highest BCUT2D eigenvalue weighted by atomic mass is 16.5. The van der Waals surface area contributed by atoms with E-state index >= 15 is 0 Å². The number of hydrogen-bond donors (Lipinski definition) is 2. The molecule has 2 aromatic rings. The van der Waals surface area contributed by atoms with Gasteiger partial charge in [-0.15, -0.1) is 0 Å². The van der Waals surface area contributed by atoms with Gasteiger partial charge in [-0.3, -0.25) is 4.79 Å². The van der Waals surface area contributed by atoms with Crippen LogP contribution in [0.15, 0.2) is 48.5 Å². The smallest absolute Gasteiger partial charge is 0.269 e. The van der Waals surface area contributed by atoms with Crippen molar-refractivity contribution in [2.45, 2.75) is 76.1 Å². The van der Waals surface area contributed by atoms with Crippen molar-refractivity contribution >= 4 is 5.91 Å². The molecule has 2 aliphatic rings. The van der Waals surface area contributed by atoms with Gasteiger partial charge in [0.1, 0.15) is 5.69 Å². The molecule has 4 rings (SSSR count). The van der Waals surface area contributed by atoms with Crippen LogP contribution in [0.2, 0.25) is 0 Å². The third-order valence-corrected chi connectivity index (χ3v) is 7.10. The van der Waals surface area contributed by atoms with E-state index in [0.29, 0.717) is 18.7 Å². The van der Waals surface area contributed by atoms with E-state index in [1.165, 1.54) is 5.56 Å². The molecule has 166 valence electrons. The second kappa shape index (κ2) is 8.71. The van der Waals surface area contributed by atoms with E-state index in [2.05, 4.69) is 48.4 Å². The first-order chi connectivity index (χ1) is 14.8. The zero-order valence-electron chi connectivity index (χ0n) is 18.8. The number of rotatable bonds is 4. The summed E-state index contributed by atoms with van der Waals surface area (Å²) < 4.78 is 6.41. The van der Waals surface area contributed by atoms with E-state index in [9.17, 15) is 9.90 Å². The van der Waals surface area contributed by atoms with Gasteiger partial charge in [-0.2, -0.15) is 0 Å². The van der Waals surface area contributed by atoms with Crippen LogP contribution in [0.1, 0.15) is 67.7 Å². The largest absolute Gasteiger partial charge is 0.393 e. The monoisotopic (exact) mass is 422 g/mol. The van der Waals surface area contributed by atoms with Gasteiger partial charge in [0.15, 0.2) is 0 Å². The predicted molar refractivity (Wildman–Crippen MR) is 121 cm³/mol. The molecule has 0 radical (unpaired) electrons. The summed E-state index contributed by atoms with van der Waals surface area (Å²) in [5, 5.41) is 14.0. The molecule has 0 bridgehead atoms. The molecule has 0 unspecified atom stereocenters. The minimum absolute atomic E-state index is 0.0541. The second-order valence-electron chi connectivity index (χ2n) is 9.92. The fourth-order valence-corrected chi connectivity index (χ4v) is 5.45. The maximum absolute atomic E-state index is 12.8. The van der Waals surface area contributed by atoms with Crippen molar-refractivity contribution in [3.63, 3.8) is 0 Å². The Morgan fingerprint density at radius 3 is 2.61 bits per heavy atom. The first-order valence-electron chi connectivity index (χ1n) is 11.4. The molecule has 1 amide bonds. The maximum Gasteiger partial charge on any atom is 0.269 e. The number of aromatic nitrogens is 1. The third-order valence-electron chi connectivity index (χ3n) is 7.10. The molecule has 1 saturated heterocycles. The number of carbonyl (C=O) groups excluding carboxylic acids is 1. The van der Waals surface area contributed by atoms with Gasteiger partial charge in [0.2, 0.25) is 0 Å². The molecule has 1 saturated carbocycles. The molecular weight excluding hydrogens is 388 g/mol. The van der Waals surface area contributed by atoms with Gasteiger partial charge in [-0.05, 0) is 64.2 Å². The van der Waals surface area contributed by atoms with Crippen LogP contribution in [0.5, 0.6) is 0 Å². The first kappa shape index (κ1) is 22.0. The SMILES string of the molecule is Cc1cccc(C(=O)NC[C@]2(c3ccccc3)CC[C@H]3[C@H](CC2)OC(C)(C)C[C@@H]3O)n1. The lowest BCUT2D eigenvalue weighted by Gasteiger charge is -2.43. The normalized spacial score (nSPS) is 30.1. The summed E-state index contributed by atoms with van der Waals surface area (Å²) in [6, 6.07) is 16.0. The van der Waals surface area contributed by atoms with Crippen LogP contribution in [0, 0.1) is 12.8 Å². The Balaban J connectivity index is 1.57. The number of carbonyl (C=O) groups is 1. The summed E-state index contributed by atoms with van der Waals surface area (Å²) in [7, 11) is 0. The van der Waals surface area contributed by atoms with Crippen molar-refractivity contribution in [2.75, 3.05) is 6.54 Å². The Kier molecular flexibility index (Phi) is 6.18. The fourth-order valence-electron chi connectivity index (χ4n) is 5.45. The number of aliphatic hydroxyl groups excluding tert-OH is 1. The van der Waals surface area contributed by atoms with Crippen LogP contribution >= 0.6 is 0 Å². The van der Waals surface area contributed by atoms with Gasteiger partial charge in [-0.25, -0.2) is 4.98 Å². The average molecular weight is 423 g/mol. The lowest BCUT2D eigenvalue weighted by Crippen LogP contribution is -2.48. The molecule has 1 aromatic heterocycles. The highest BCUT2D eigenvalue weighted by Crippen LogP contribution is 2.45. The molecule has 1 aliphatic carbocycles. The summed E-state index contributed by atoms with van der Waals surface area (Å²) in [5.41, 5.74) is 2.03. The highest BCUT2D eigenvalue weighted by molar-refractivity contribution is 5.92. The molecule has 0 spiro atoms. The van der Waals surface area contributed by atoms with Gasteiger partial charge in [0.25, 0.3) is 5.91 Å². The maximum atomic E-state index is 12.8. The second-order valence-corrected chi connectivity index (χ2v) is 9.92. The Bertz CT molecular complexity index is 914. The Morgan fingerprint density at radius 1 is 1.13 bits per heavy atom. The van der Waals surface area contributed by atoms with Gasteiger partial charge >= 0.3 is 0 Å². The lowest BCUT2D eigenvalue weighted by atomic mass is 9.73. The number of aliphatic hydroxyl groups is 1. The van der Waals surface area contributed by atoms with Gasteiger partial charge in [0, 0.05) is 30.0 Å². The van der Waals surface area contributed by atoms with Crippen molar-refractivity contribution in [2.24, 2.45) is 5.92 Å². The van der Waals surface area contributed by atoms with Crippen molar-refractivity contribution in [1.29, 1.82) is 0 Å². The number of ether oxygens (including phenoxy) is 1. The fraction of sp³-hybridized carbons (Fsp3) is 0.538. The van der Waals surface area contributed by atoms with Crippen molar-refractivity contribution in [3.05, 3.63) is 65.5 Å².